The van der Waals surface area contributed by atoms with Gasteiger partial charge in [0.05, 0.1) is 30.7 Å². The van der Waals surface area contributed by atoms with Crippen LogP contribution < -0.4 is 0 Å². The van der Waals surface area contributed by atoms with Crippen LogP contribution >= 0.6 is 0 Å². The van der Waals surface area contributed by atoms with Gasteiger partial charge in [0, 0.05) is 32.7 Å². The van der Waals surface area contributed by atoms with Gasteiger partial charge in [-0.1, -0.05) is 18.2 Å². The lowest BCUT2D eigenvalue weighted by molar-refractivity contribution is -0.143. The van der Waals surface area contributed by atoms with Crippen LogP contribution in [0.3, 0.4) is 0 Å². The number of carbonyl (C=O) groups is 1. The number of halogens is 3. The van der Waals surface area contributed by atoms with Gasteiger partial charge in [0.25, 0.3) is 5.91 Å². The first-order valence-corrected chi connectivity index (χ1v) is 10.6. The molecule has 0 unspecified atom stereocenters. The van der Waals surface area contributed by atoms with E-state index in [1.807, 2.05) is 0 Å². The molecule has 0 atom stereocenters. The average molecular weight is 436 g/mol. The molecule has 0 bridgehead atoms. The molecule has 1 amide bonds. The number of hydrogen-bond donors (Lipinski definition) is 0. The van der Waals surface area contributed by atoms with Gasteiger partial charge in [-0.05, 0) is 37.3 Å². The summed E-state index contributed by atoms with van der Waals surface area (Å²) in [5.41, 5.74) is -0.429. The third kappa shape index (κ3) is 4.77. The Kier molecular flexibility index (Phi) is 6.34. The molecule has 4 rings (SSSR count). The molecule has 2 aliphatic heterocycles. The number of nitrogens with zero attached hydrogens (tertiary/aromatic N) is 4. The van der Waals surface area contributed by atoms with E-state index in [2.05, 4.69) is 10.00 Å². The maximum Gasteiger partial charge on any atom is 0.434 e. The van der Waals surface area contributed by atoms with E-state index >= 15 is 0 Å². The van der Waals surface area contributed by atoms with E-state index in [4.69, 9.17) is 4.74 Å². The molecule has 3 heterocycles. The molecular weight excluding hydrogens is 409 g/mol. The Morgan fingerprint density at radius 3 is 2.45 bits per heavy atom. The third-order valence-corrected chi connectivity index (χ3v) is 6.13. The quantitative estimate of drug-likeness (QED) is 0.738. The van der Waals surface area contributed by atoms with Gasteiger partial charge < -0.3 is 9.64 Å². The second kappa shape index (κ2) is 9.00. The van der Waals surface area contributed by atoms with Crippen LogP contribution in [-0.4, -0.2) is 71.4 Å². The van der Waals surface area contributed by atoms with Crippen molar-refractivity contribution in [3.05, 3.63) is 47.3 Å². The molecule has 9 heteroatoms. The maximum atomic E-state index is 14.0. The fraction of sp³-hybridized carbons (Fsp3) is 0.545. The van der Waals surface area contributed by atoms with Crippen molar-refractivity contribution in [3.63, 3.8) is 0 Å². The highest BCUT2D eigenvalue weighted by Crippen LogP contribution is 2.35. The highest BCUT2D eigenvalue weighted by atomic mass is 19.4. The van der Waals surface area contributed by atoms with Crippen LogP contribution in [0.2, 0.25) is 0 Å². The Hall–Kier alpha value is -2.39. The van der Waals surface area contributed by atoms with Crippen molar-refractivity contribution < 1.29 is 22.7 Å². The summed E-state index contributed by atoms with van der Waals surface area (Å²) in [6.07, 6.45) is -2.07. The van der Waals surface area contributed by atoms with E-state index in [0.717, 1.165) is 56.6 Å². The van der Waals surface area contributed by atoms with Crippen molar-refractivity contribution in [2.45, 2.75) is 25.9 Å². The number of likely N-dealkylation sites (tertiary alicyclic amines) is 1. The SMILES string of the molecule is Cc1ccccc1-n1ncc(C(=O)N2CCC(CN3CCOCC3)CC2)c1C(F)(F)F. The van der Waals surface area contributed by atoms with E-state index in [1.54, 1.807) is 31.2 Å². The number of ether oxygens (including phenoxy) is 1. The molecule has 2 aliphatic rings. The van der Waals surface area contributed by atoms with Crippen LogP contribution in [0.5, 0.6) is 0 Å². The van der Waals surface area contributed by atoms with Gasteiger partial charge in [0.1, 0.15) is 0 Å². The van der Waals surface area contributed by atoms with Gasteiger partial charge in [-0.3, -0.25) is 9.69 Å². The molecule has 2 aromatic rings. The molecule has 0 N–H and O–H groups in total. The number of alkyl halides is 3. The highest BCUT2D eigenvalue weighted by molar-refractivity contribution is 5.95. The van der Waals surface area contributed by atoms with Gasteiger partial charge in [0.2, 0.25) is 0 Å². The van der Waals surface area contributed by atoms with E-state index in [1.165, 1.54) is 4.90 Å². The number of aryl methyl sites for hydroxylation is 1. The Morgan fingerprint density at radius 2 is 1.81 bits per heavy atom. The average Bonchev–Trinajstić information content (AvgIpc) is 3.20. The first-order valence-electron chi connectivity index (χ1n) is 10.6. The van der Waals surface area contributed by atoms with Crippen LogP contribution in [0.1, 0.15) is 34.5 Å². The van der Waals surface area contributed by atoms with Gasteiger partial charge in [-0.2, -0.15) is 18.3 Å². The summed E-state index contributed by atoms with van der Waals surface area (Å²) in [5.74, 6) is -0.157. The number of morpholine rings is 1. The van der Waals surface area contributed by atoms with Gasteiger partial charge >= 0.3 is 6.18 Å². The van der Waals surface area contributed by atoms with Crippen molar-refractivity contribution in [2.75, 3.05) is 45.9 Å². The van der Waals surface area contributed by atoms with E-state index in [0.29, 0.717) is 30.3 Å². The summed E-state index contributed by atoms with van der Waals surface area (Å²) in [7, 11) is 0. The van der Waals surface area contributed by atoms with Crippen molar-refractivity contribution in [2.24, 2.45) is 5.92 Å². The van der Waals surface area contributed by atoms with E-state index in [-0.39, 0.29) is 5.56 Å². The van der Waals surface area contributed by atoms with Gasteiger partial charge in [0.15, 0.2) is 5.69 Å². The Labute approximate surface area is 179 Å². The number of benzene rings is 1. The van der Waals surface area contributed by atoms with Crippen LogP contribution in [0, 0.1) is 12.8 Å². The zero-order valence-electron chi connectivity index (χ0n) is 17.6. The zero-order valence-corrected chi connectivity index (χ0v) is 17.6. The lowest BCUT2D eigenvalue weighted by Crippen LogP contribution is -2.44. The van der Waals surface area contributed by atoms with Gasteiger partial charge in [-0.25, -0.2) is 4.68 Å². The summed E-state index contributed by atoms with van der Waals surface area (Å²) >= 11 is 0. The number of carbonyl (C=O) groups excluding carboxylic acids is 1. The normalized spacial score (nSPS) is 19.0. The molecule has 6 nitrogen and oxygen atoms in total. The molecule has 0 spiro atoms. The summed E-state index contributed by atoms with van der Waals surface area (Å²) in [5, 5.41) is 3.95. The van der Waals surface area contributed by atoms with Crippen molar-refractivity contribution in [1.29, 1.82) is 0 Å². The first-order chi connectivity index (χ1) is 14.8. The Balaban J connectivity index is 1.49. The maximum absolute atomic E-state index is 14.0. The minimum Gasteiger partial charge on any atom is -0.379 e. The molecule has 2 saturated heterocycles. The zero-order chi connectivity index (χ0) is 22.0. The number of aromatic nitrogens is 2. The predicted octanol–water partition coefficient (Wildman–Crippen LogP) is 3.38. The Bertz CT molecular complexity index is 914. The number of hydrogen-bond acceptors (Lipinski definition) is 4. The monoisotopic (exact) mass is 436 g/mol. The lowest BCUT2D eigenvalue weighted by Gasteiger charge is -2.36. The molecule has 1 aromatic heterocycles. The first kappa shape index (κ1) is 21.8. The minimum absolute atomic E-state index is 0.318. The standard InChI is InChI=1S/C22H27F3N4O2/c1-16-4-2-3-5-19(16)29-20(22(23,24)25)18(14-26-29)21(30)28-8-6-17(7-9-28)15-27-10-12-31-13-11-27/h2-5,14,17H,6-13,15H2,1H3. The molecule has 0 saturated carbocycles. The summed E-state index contributed by atoms with van der Waals surface area (Å²) in [6.45, 7) is 6.88. The molecule has 1 aromatic carbocycles. The van der Waals surface area contributed by atoms with Crippen molar-refractivity contribution in [1.82, 2.24) is 19.6 Å². The third-order valence-electron chi connectivity index (χ3n) is 6.13. The molecule has 31 heavy (non-hydrogen) atoms. The fourth-order valence-electron chi connectivity index (χ4n) is 4.40. The fourth-order valence-corrected chi connectivity index (χ4v) is 4.40. The predicted molar refractivity (Wildman–Crippen MR) is 109 cm³/mol. The van der Waals surface area contributed by atoms with Gasteiger partial charge in [-0.15, -0.1) is 0 Å². The van der Waals surface area contributed by atoms with Crippen molar-refractivity contribution in [3.8, 4) is 5.69 Å². The lowest BCUT2D eigenvalue weighted by atomic mass is 9.95. The number of piperidine rings is 1. The van der Waals surface area contributed by atoms with Crippen LogP contribution in [0.4, 0.5) is 13.2 Å². The number of para-hydroxylation sites is 1. The largest absolute Gasteiger partial charge is 0.434 e. The molecule has 2 fully saturated rings. The molecule has 168 valence electrons. The molecule has 0 aliphatic carbocycles. The topological polar surface area (TPSA) is 50.6 Å². The molecular formula is C22H27F3N4O2. The van der Waals surface area contributed by atoms with Crippen molar-refractivity contribution >= 4 is 5.91 Å². The smallest absolute Gasteiger partial charge is 0.379 e. The van der Waals surface area contributed by atoms with Crippen LogP contribution in [-0.2, 0) is 10.9 Å². The summed E-state index contributed by atoms with van der Waals surface area (Å²) in [4.78, 5) is 16.9. The summed E-state index contributed by atoms with van der Waals surface area (Å²) < 4.78 is 48.1. The van der Waals surface area contributed by atoms with Crippen LogP contribution in [0.25, 0.3) is 5.69 Å². The molecule has 0 radical (unpaired) electrons. The second-order valence-electron chi connectivity index (χ2n) is 8.25. The Morgan fingerprint density at radius 1 is 1.13 bits per heavy atom. The number of amides is 1. The van der Waals surface area contributed by atoms with E-state index < -0.39 is 17.8 Å². The second-order valence-corrected chi connectivity index (χ2v) is 8.25. The summed E-state index contributed by atoms with van der Waals surface area (Å²) in [6, 6.07) is 6.70. The highest BCUT2D eigenvalue weighted by Gasteiger charge is 2.42. The van der Waals surface area contributed by atoms with Crippen LogP contribution in [0.15, 0.2) is 30.5 Å². The van der Waals surface area contributed by atoms with E-state index in [9.17, 15) is 18.0 Å². The number of rotatable bonds is 4. The minimum atomic E-state index is -4.70.